The summed E-state index contributed by atoms with van der Waals surface area (Å²) < 4.78 is 5.66. The monoisotopic (exact) mass is 1810 g/mol. The van der Waals surface area contributed by atoms with Crippen molar-refractivity contribution < 1.29 is 53.0 Å². The van der Waals surface area contributed by atoms with Crippen LogP contribution in [-0.4, -0.2) is 260 Å². The van der Waals surface area contributed by atoms with Crippen LogP contribution in [0.5, 0.6) is 0 Å². The number of nitrogens with two attached hydrogens (primary N) is 2. The number of hydrogen-bond acceptors (Lipinski definition) is 20. The van der Waals surface area contributed by atoms with Crippen LogP contribution in [0.3, 0.4) is 0 Å². The molecule has 0 saturated carbocycles. The summed E-state index contributed by atoms with van der Waals surface area (Å²) in [7, 11) is 8.59. The van der Waals surface area contributed by atoms with Crippen LogP contribution in [0.2, 0.25) is 0 Å². The zero-order valence-corrected chi connectivity index (χ0v) is 79.9. The van der Waals surface area contributed by atoms with Crippen LogP contribution in [0.15, 0.2) is 108 Å². The molecule has 4 aromatic carbocycles. The molecule has 1 unspecified atom stereocenters. The first-order valence-electron chi connectivity index (χ1n) is 48.3. The first-order chi connectivity index (χ1) is 63.1. The van der Waals surface area contributed by atoms with Crippen molar-refractivity contribution in [3.05, 3.63) is 181 Å². The van der Waals surface area contributed by atoms with Gasteiger partial charge in [0.25, 0.3) is 23.6 Å². The molecule has 12 aliphatic rings. The SMILES string of the molecule is CCc1cc(NC(=O)C(=O)N2CC(C)CC[C@@H]2c2ccc3c(c2)C(=O)N(C2CCN(C)CC2)C3)cnc1N.CCc1cc(NC(=O)C(=O)O)cnc1N.C[C@H]1CC=C(c2ccc3c(c2)C(=O)N(C2CCN(C)CC2)C3)N(C(=O)OC(C)(C)C)C1.C[C@H]1CCC(c2ccc3c(c2)C(=O)N(C2CCN(C)CC2)C3)=NC1.C[C@H]1CC[C@H](c2ccc3c(c2)C(=O)N(C2CCN(C)CC2)C3)NC1. The number of ether oxygens (including phenoxy) is 1. The third-order valence-corrected chi connectivity index (χ3v) is 28.7. The number of nitrogen functional groups attached to an aromatic ring is 2. The smallest absolute Gasteiger partial charge is 0.414 e. The third-order valence-electron chi connectivity index (χ3n) is 28.7. The van der Waals surface area contributed by atoms with Crippen molar-refractivity contribution in [3.63, 3.8) is 0 Å². The molecule has 708 valence electrons. The van der Waals surface area contributed by atoms with Gasteiger partial charge in [0.15, 0.2) is 0 Å². The van der Waals surface area contributed by atoms with E-state index in [9.17, 15) is 43.2 Å². The predicted molar refractivity (Wildman–Crippen MR) is 515 cm³/mol. The Morgan fingerprint density at radius 3 is 1.35 bits per heavy atom. The summed E-state index contributed by atoms with van der Waals surface area (Å²) in [4.78, 5) is 147. The standard InChI is InChI=1S/C29H38N6O3.C25H35N3O3.C20H29N3O.C20H27N3O.C9H11N3O3/c1-4-19-13-22(15-31-26(19)30)32-27(36)29(38)35-16-18(2)5-8-25(35)20-6-7-21-17-34(28(37)24(21)14-20)23-9-11-33(3)12-10-23;1-17-6-9-22(28(15-17)24(30)31-25(2,3)4)18-7-8-19-16-27(23(29)21(19)14-18)20-10-12-26(5)13-11-20;2*1-14-3-6-19(21-12-14)15-4-5-16-13-23(20(24)18(16)11-15)17-7-9-22(2)10-8-17;1-2-5-3-6(4-11-7(5)10)12-8(13)9(14)15/h6-7,13-15,18,23,25H,4-5,8-12,16-17H2,1-3H3,(H2,30,31)(H,32,36);7-9,14,17,20H,6,10-13,15-16H2,1-5H3;4-5,11,14,17,19,21H,3,6-10,12-13H2,1-2H3;4-5,11,14,17H,3,6-10,12-13H2,1-2H3;3-4H,2H2,1H3,(H2,10,11)(H,12,13)(H,14,15)/t18?,25-;17-;14-,19+;14-;/m1000./s1. The highest BCUT2D eigenvalue weighted by Gasteiger charge is 2.43. The summed E-state index contributed by atoms with van der Waals surface area (Å²) >= 11 is 0. The number of hydrogen-bond donors (Lipinski definition) is 6. The van der Waals surface area contributed by atoms with Gasteiger partial charge in [-0.1, -0.05) is 96.1 Å². The molecule has 6 atom stereocenters. The van der Waals surface area contributed by atoms with Crippen LogP contribution in [-0.2, 0) is 62.9 Å². The van der Waals surface area contributed by atoms with Crippen molar-refractivity contribution in [1.29, 1.82) is 0 Å². The summed E-state index contributed by atoms with van der Waals surface area (Å²) in [6.45, 7) is 32.7. The number of amides is 8. The molecule has 6 saturated heterocycles. The van der Waals surface area contributed by atoms with Crippen molar-refractivity contribution in [1.82, 2.24) is 64.3 Å². The van der Waals surface area contributed by atoms with Crippen LogP contribution < -0.4 is 27.4 Å². The normalized spacial score (nSPS) is 22.9. The number of aliphatic carboxylic acids is 1. The number of fused-ring (bicyclic) bond motifs is 4. The number of carbonyl (C=O) groups excluding carboxylic acids is 8. The number of nitrogens with one attached hydrogen (secondary N) is 3. The number of carboxylic acid groups (broad SMARTS) is 1. The first-order valence-corrected chi connectivity index (χ1v) is 48.3. The largest absolute Gasteiger partial charge is 0.474 e. The molecule has 132 heavy (non-hydrogen) atoms. The second-order valence-corrected chi connectivity index (χ2v) is 40.2. The lowest BCUT2D eigenvalue weighted by Crippen LogP contribution is -2.46. The average Bonchev–Trinajstić information content (AvgIpc) is 1.60. The van der Waals surface area contributed by atoms with Crippen molar-refractivity contribution >= 4 is 87.8 Å². The van der Waals surface area contributed by atoms with Crippen molar-refractivity contribution in [2.45, 2.75) is 239 Å². The minimum atomic E-state index is -1.54. The summed E-state index contributed by atoms with van der Waals surface area (Å²) in [5.41, 5.74) is 27.4. The molecule has 0 aliphatic carbocycles. The quantitative estimate of drug-likeness (QED) is 0.0620. The Kier molecular flexibility index (Phi) is 31.6. The van der Waals surface area contributed by atoms with Gasteiger partial charge in [-0.25, -0.2) is 19.6 Å². The zero-order valence-electron chi connectivity index (χ0n) is 79.9. The summed E-state index contributed by atoms with van der Waals surface area (Å²) in [6.07, 6.45) is 21.6. The molecule has 29 heteroatoms. The Morgan fingerprint density at radius 1 is 0.492 bits per heavy atom. The first kappa shape index (κ1) is 97.1. The van der Waals surface area contributed by atoms with E-state index in [0.717, 1.165) is 228 Å². The zero-order chi connectivity index (χ0) is 94.1. The molecule has 6 fully saturated rings. The fourth-order valence-electron chi connectivity index (χ4n) is 20.5. The lowest BCUT2D eigenvalue weighted by molar-refractivity contribution is -0.147. The van der Waals surface area contributed by atoms with Gasteiger partial charge in [-0.3, -0.25) is 43.5 Å². The van der Waals surface area contributed by atoms with E-state index in [1.807, 2.05) is 74.8 Å². The van der Waals surface area contributed by atoms with E-state index < -0.39 is 29.3 Å². The number of anilines is 4. The number of aryl methyl sites for hydroxylation is 2. The van der Waals surface area contributed by atoms with Crippen LogP contribution in [0.25, 0.3) is 5.70 Å². The summed E-state index contributed by atoms with van der Waals surface area (Å²) in [5.74, 6) is -0.310. The summed E-state index contributed by atoms with van der Waals surface area (Å²) in [5, 5.41) is 16.9. The molecule has 8 amide bonds. The Bertz CT molecular complexity index is 5280. The Labute approximate surface area is 779 Å². The molecule has 29 nitrogen and oxygen atoms in total. The fraction of sp³-hybridized carbons (Fsp3) is 0.553. The molecule has 14 heterocycles. The van der Waals surface area contributed by atoms with E-state index in [2.05, 4.69) is 160 Å². The van der Waals surface area contributed by atoms with Gasteiger partial charge in [-0.2, -0.15) is 0 Å². The topological polar surface area (TPSA) is 342 Å². The maximum Gasteiger partial charge on any atom is 0.414 e. The Balaban J connectivity index is 0.000000136. The minimum Gasteiger partial charge on any atom is -0.474 e. The molecular formula is C103H140N18O11. The molecule has 0 spiro atoms. The van der Waals surface area contributed by atoms with Crippen LogP contribution in [0.1, 0.15) is 268 Å². The fourth-order valence-corrected chi connectivity index (χ4v) is 20.5. The van der Waals surface area contributed by atoms with Gasteiger partial charge in [0, 0.05) is 104 Å². The Hall–Kier alpha value is -11.0. The molecule has 18 rings (SSSR count). The van der Waals surface area contributed by atoms with E-state index in [4.69, 9.17) is 26.3 Å². The number of pyridine rings is 2. The van der Waals surface area contributed by atoms with Crippen molar-refractivity contribution in [3.8, 4) is 0 Å². The highest BCUT2D eigenvalue weighted by atomic mass is 16.6. The van der Waals surface area contributed by atoms with E-state index in [0.29, 0.717) is 98.0 Å². The Morgan fingerprint density at radius 2 is 0.917 bits per heavy atom. The number of aliphatic imine (C=N–C) groups is 1. The highest BCUT2D eigenvalue weighted by Crippen LogP contribution is 2.41. The lowest BCUT2D eigenvalue weighted by atomic mass is 9.88. The van der Waals surface area contributed by atoms with Gasteiger partial charge >= 0.3 is 29.8 Å². The van der Waals surface area contributed by atoms with Crippen LogP contribution in [0.4, 0.5) is 27.8 Å². The van der Waals surface area contributed by atoms with Gasteiger partial charge in [-0.15, -0.1) is 0 Å². The van der Waals surface area contributed by atoms with Gasteiger partial charge in [0.2, 0.25) is 0 Å². The minimum absolute atomic E-state index is 0.0822. The number of likely N-dealkylation sites (tertiary alicyclic amines) is 5. The molecule has 0 radical (unpaired) electrons. The third kappa shape index (κ3) is 23.4. The van der Waals surface area contributed by atoms with E-state index in [-0.39, 0.29) is 47.7 Å². The second kappa shape index (κ2) is 42.9. The van der Waals surface area contributed by atoms with Gasteiger partial charge in [0.05, 0.1) is 35.5 Å². The number of aromatic nitrogens is 2. The maximum atomic E-state index is 13.4. The molecule has 12 aliphatic heterocycles. The maximum absolute atomic E-state index is 13.4. The number of nitrogens with zero attached hydrogens (tertiary/aromatic N) is 13. The second-order valence-electron chi connectivity index (χ2n) is 40.2. The number of rotatable bonds is 12. The molecule has 0 bridgehead atoms. The molecular weight excluding hydrogens is 1670 g/mol. The van der Waals surface area contributed by atoms with E-state index in [1.54, 1.807) is 21.9 Å². The van der Waals surface area contributed by atoms with Crippen molar-refractivity contribution in [2.75, 3.05) is 129 Å². The number of carbonyl (C=O) groups is 9. The number of allylic oxidation sites excluding steroid dienone is 1. The van der Waals surface area contributed by atoms with E-state index >= 15 is 0 Å². The van der Waals surface area contributed by atoms with Crippen LogP contribution >= 0.6 is 0 Å². The predicted octanol–water partition coefficient (Wildman–Crippen LogP) is 13.6. The van der Waals surface area contributed by atoms with E-state index in [1.165, 1.54) is 54.1 Å². The van der Waals surface area contributed by atoms with Gasteiger partial charge < -0.3 is 81.4 Å². The molecule has 8 N–H and O–H groups in total. The lowest BCUT2D eigenvalue weighted by Gasteiger charge is -2.38. The number of carboxylic acids is 1. The number of benzene rings is 4. The average molecular weight is 1810 g/mol. The van der Waals surface area contributed by atoms with Gasteiger partial charge in [0.1, 0.15) is 17.2 Å². The van der Waals surface area contributed by atoms with Gasteiger partial charge in [-0.05, 0) is 333 Å². The molecule has 2 aromatic heterocycles. The highest BCUT2D eigenvalue weighted by molar-refractivity contribution is 6.39. The van der Waals surface area contributed by atoms with Crippen molar-refractivity contribution in [2.24, 2.45) is 28.7 Å². The summed E-state index contributed by atoms with van der Waals surface area (Å²) in [6, 6.07) is 30.0. The molecule has 6 aromatic rings. The van der Waals surface area contributed by atoms with Crippen LogP contribution in [0, 0.1) is 23.7 Å². The number of piperidine rings is 6.